The molecule has 1 N–H and O–H groups in total. The van der Waals surface area contributed by atoms with Crippen LogP contribution >= 0.6 is 11.6 Å². The van der Waals surface area contributed by atoms with Gasteiger partial charge in [0.15, 0.2) is 5.67 Å². The summed E-state index contributed by atoms with van der Waals surface area (Å²) in [5.74, 6) is 0.499. The van der Waals surface area contributed by atoms with Gasteiger partial charge in [-0.1, -0.05) is 37.6 Å². The summed E-state index contributed by atoms with van der Waals surface area (Å²) in [6, 6.07) is 7.62. The summed E-state index contributed by atoms with van der Waals surface area (Å²) < 4.78 is 27.3. The van der Waals surface area contributed by atoms with Crippen LogP contribution in [-0.4, -0.2) is 41.3 Å². The molecule has 0 radical (unpaired) electrons. The number of anilines is 1. The lowest BCUT2D eigenvalue weighted by Gasteiger charge is -2.29. The lowest BCUT2D eigenvalue weighted by atomic mass is 9.99. The fraction of sp³-hybridized carbons (Fsp3) is 0.565. The molecule has 2 aliphatic rings. The molecular formula is C23H29ClFN3O3. The number of rotatable bonds is 6. The summed E-state index contributed by atoms with van der Waals surface area (Å²) in [6.07, 6.45) is 4.96. The molecule has 6 nitrogen and oxygen atoms in total. The number of aromatic nitrogens is 2. The summed E-state index contributed by atoms with van der Waals surface area (Å²) in [4.78, 5) is 12.8. The fourth-order valence-electron chi connectivity index (χ4n) is 4.18. The van der Waals surface area contributed by atoms with Gasteiger partial charge >= 0.3 is 0 Å². The van der Waals surface area contributed by atoms with E-state index in [1.165, 1.54) is 10.9 Å². The van der Waals surface area contributed by atoms with Gasteiger partial charge in [0.05, 0.1) is 42.9 Å². The van der Waals surface area contributed by atoms with Crippen LogP contribution in [0.25, 0.3) is 5.69 Å². The van der Waals surface area contributed by atoms with Crippen molar-refractivity contribution in [3.8, 4) is 5.69 Å². The third-order valence-corrected chi connectivity index (χ3v) is 6.46. The average molecular weight is 450 g/mol. The Morgan fingerprint density at radius 1 is 1.32 bits per heavy atom. The quantitative estimate of drug-likeness (QED) is 0.692. The van der Waals surface area contributed by atoms with Gasteiger partial charge in [-0.05, 0) is 49.3 Å². The van der Waals surface area contributed by atoms with E-state index in [1.54, 1.807) is 0 Å². The largest absolute Gasteiger partial charge is 0.379 e. The van der Waals surface area contributed by atoms with Crippen molar-refractivity contribution >= 4 is 17.3 Å². The van der Waals surface area contributed by atoms with Crippen LogP contribution in [0.2, 0.25) is 5.02 Å². The lowest BCUT2D eigenvalue weighted by Crippen LogP contribution is -2.40. The molecule has 0 amide bonds. The van der Waals surface area contributed by atoms with Crippen LogP contribution in [-0.2, 0) is 9.47 Å². The van der Waals surface area contributed by atoms with Crippen LogP contribution in [0.1, 0.15) is 51.2 Å². The highest BCUT2D eigenvalue weighted by Gasteiger charge is 2.33. The fourth-order valence-corrected chi connectivity index (χ4v) is 4.38. The van der Waals surface area contributed by atoms with Gasteiger partial charge in [-0.3, -0.25) is 4.79 Å². The van der Waals surface area contributed by atoms with Crippen LogP contribution in [0.5, 0.6) is 0 Å². The zero-order valence-corrected chi connectivity index (χ0v) is 18.7. The van der Waals surface area contributed by atoms with Crippen LogP contribution in [0.15, 0.2) is 35.3 Å². The predicted molar refractivity (Wildman–Crippen MR) is 119 cm³/mol. The van der Waals surface area contributed by atoms with Gasteiger partial charge in [-0.15, -0.1) is 0 Å². The highest BCUT2D eigenvalue weighted by molar-refractivity contribution is 6.32. The van der Waals surface area contributed by atoms with E-state index in [0.717, 1.165) is 18.4 Å². The van der Waals surface area contributed by atoms with Crippen molar-refractivity contribution < 1.29 is 13.9 Å². The zero-order chi connectivity index (χ0) is 22.0. The number of hydrogen-bond acceptors (Lipinski definition) is 5. The summed E-state index contributed by atoms with van der Waals surface area (Å²) in [7, 11) is 0. The maximum atomic E-state index is 14.7. The molecule has 4 rings (SSSR count). The van der Waals surface area contributed by atoms with Crippen molar-refractivity contribution in [2.75, 3.05) is 25.1 Å². The van der Waals surface area contributed by atoms with E-state index in [-0.39, 0.29) is 30.4 Å². The summed E-state index contributed by atoms with van der Waals surface area (Å²) in [5.41, 5.74) is 0.101. The Morgan fingerprint density at radius 3 is 2.74 bits per heavy atom. The van der Waals surface area contributed by atoms with Gasteiger partial charge in [-0.25, -0.2) is 4.39 Å². The molecule has 31 heavy (non-hydrogen) atoms. The Bertz CT molecular complexity index is 958. The van der Waals surface area contributed by atoms with E-state index in [0.29, 0.717) is 36.7 Å². The number of nitrogens with one attached hydrogen (secondary N) is 1. The normalized spacial score (nSPS) is 26.4. The topological polar surface area (TPSA) is 65.4 Å². The Balaban J connectivity index is 1.46. The van der Waals surface area contributed by atoms with E-state index in [2.05, 4.69) is 24.3 Å². The third kappa shape index (κ3) is 4.94. The highest BCUT2D eigenvalue weighted by Crippen LogP contribution is 2.35. The minimum Gasteiger partial charge on any atom is -0.379 e. The summed E-state index contributed by atoms with van der Waals surface area (Å²) in [5, 5.41) is 7.14. The third-order valence-electron chi connectivity index (χ3n) is 6.09. The highest BCUT2D eigenvalue weighted by atomic mass is 35.5. The minimum atomic E-state index is -1.47. The second-order valence-electron chi connectivity index (χ2n) is 8.83. The number of halogens is 2. The molecule has 0 spiro atoms. The van der Waals surface area contributed by atoms with Crippen molar-refractivity contribution in [2.45, 2.75) is 57.4 Å². The van der Waals surface area contributed by atoms with Crippen molar-refractivity contribution in [3.63, 3.8) is 0 Å². The van der Waals surface area contributed by atoms with Crippen molar-refractivity contribution in [1.82, 2.24) is 9.78 Å². The molecule has 0 unspecified atom stereocenters. The number of ether oxygens (including phenoxy) is 2. The number of benzene rings is 1. The number of alkyl halides is 1. The number of nitrogens with zero attached hydrogens (tertiary/aromatic N) is 2. The Kier molecular flexibility index (Phi) is 6.65. The van der Waals surface area contributed by atoms with E-state index < -0.39 is 11.2 Å². The molecule has 168 valence electrons. The molecule has 2 aromatic rings. The standard InChI is InChI=1S/C23H29ClFN3O3/c1-15(2)19-8-9-20(31-19)16-4-6-17(7-5-16)28-22(29)21(24)18(12-27-28)26-13-23(25)10-3-11-30-14-23/h4-7,12,15,19-20,26H,3,8-11,13-14H2,1-2H3/t19-,20-,23-/m0/s1. The van der Waals surface area contributed by atoms with E-state index in [9.17, 15) is 9.18 Å². The van der Waals surface area contributed by atoms with Crippen molar-refractivity contribution in [2.24, 2.45) is 5.92 Å². The lowest BCUT2D eigenvalue weighted by molar-refractivity contribution is -0.0234. The second-order valence-corrected chi connectivity index (χ2v) is 9.20. The van der Waals surface area contributed by atoms with Gasteiger partial charge < -0.3 is 14.8 Å². The molecule has 0 saturated carbocycles. The molecule has 2 saturated heterocycles. The van der Waals surface area contributed by atoms with Crippen LogP contribution in [0.4, 0.5) is 10.1 Å². The first kappa shape index (κ1) is 22.2. The van der Waals surface area contributed by atoms with E-state index >= 15 is 0 Å². The molecule has 1 aromatic carbocycles. The van der Waals surface area contributed by atoms with E-state index in [4.69, 9.17) is 21.1 Å². The Hall–Kier alpha value is -1.96. The molecule has 1 aromatic heterocycles. The van der Waals surface area contributed by atoms with Gasteiger partial charge in [0, 0.05) is 6.61 Å². The molecule has 0 bridgehead atoms. The molecule has 2 aliphatic heterocycles. The average Bonchev–Trinajstić information content (AvgIpc) is 3.26. The second kappa shape index (κ2) is 9.27. The molecule has 3 heterocycles. The predicted octanol–water partition coefficient (Wildman–Crippen LogP) is 4.69. The van der Waals surface area contributed by atoms with Crippen molar-refractivity contribution in [3.05, 3.63) is 51.4 Å². The maximum absolute atomic E-state index is 14.7. The Labute approximate surface area is 186 Å². The van der Waals surface area contributed by atoms with Gasteiger partial charge in [0.2, 0.25) is 0 Å². The molecule has 2 fully saturated rings. The molecule has 8 heteroatoms. The molecular weight excluding hydrogens is 421 g/mol. The first-order valence-electron chi connectivity index (χ1n) is 10.9. The van der Waals surface area contributed by atoms with Crippen LogP contribution in [0.3, 0.4) is 0 Å². The van der Waals surface area contributed by atoms with Gasteiger partial charge in [-0.2, -0.15) is 9.78 Å². The monoisotopic (exact) mass is 449 g/mol. The molecule has 3 atom stereocenters. The summed E-state index contributed by atoms with van der Waals surface area (Å²) >= 11 is 6.28. The zero-order valence-electron chi connectivity index (χ0n) is 17.9. The maximum Gasteiger partial charge on any atom is 0.292 e. The smallest absolute Gasteiger partial charge is 0.292 e. The van der Waals surface area contributed by atoms with Crippen molar-refractivity contribution in [1.29, 1.82) is 0 Å². The SMILES string of the molecule is CC(C)[C@@H]1CC[C@@H](c2ccc(-n3ncc(NC[C@@]4(F)CCCOC4)c(Cl)c3=O)cc2)O1. The summed E-state index contributed by atoms with van der Waals surface area (Å²) in [6.45, 7) is 4.98. The van der Waals surface area contributed by atoms with Crippen LogP contribution in [0, 0.1) is 5.92 Å². The van der Waals surface area contributed by atoms with Crippen LogP contribution < -0.4 is 10.9 Å². The first-order chi connectivity index (χ1) is 14.9. The van der Waals surface area contributed by atoms with E-state index in [1.807, 2.05) is 24.3 Å². The number of hydrogen-bond donors (Lipinski definition) is 1. The first-order valence-corrected chi connectivity index (χ1v) is 11.3. The minimum absolute atomic E-state index is 0.0155. The Morgan fingerprint density at radius 2 is 2.10 bits per heavy atom. The molecule has 0 aliphatic carbocycles. The van der Waals surface area contributed by atoms with Gasteiger partial charge in [0.25, 0.3) is 5.56 Å². The van der Waals surface area contributed by atoms with Gasteiger partial charge in [0.1, 0.15) is 5.02 Å².